The first kappa shape index (κ1) is 15.0. The number of rotatable bonds is 7. The van der Waals surface area contributed by atoms with Crippen LogP contribution in [0.25, 0.3) is 0 Å². The van der Waals surface area contributed by atoms with E-state index >= 15 is 0 Å². The minimum absolute atomic E-state index is 0.131. The van der Waals surface area contributed by atoms with Crippen molar-refractivity contribution in [3.05, 3.63) is 29.6 Å². The van der Waals surface area contributed by atoms with Crippen molar-refractivity contribution in [3.63, 3.8) is 0 Å². The van der Waals surface area contributed by atoms with Gasteiger partial charge in [-0.1, -0.05) is 19.9 Å². The molecule has 0 amide bonds. The number of anilines is 1. The maximum Gasteiger partial charge on any atom is 0.146 e. The number of hydrogen-bond acceptors (Lipinski definition) is 2. The second-order valence-electron chi connectivity index (χ2n) is 4.83. The van der Waals surface area contributed by atoms with Crippen LogP contribution < -0.4 is 10.2 Å². The van der Waals surface area contributed by atoms with Gasteiger partial charge in [0.15, 0.2) is 0 Å². The molecule has 1 aromatic rings. The topological polar surface area (TPSA) is 15.3 Å². The zero-order chi connectivity index (χ0) is 13.5. The Balaban J connectivity index is 2.73. The lowest BCUT2D eigenvalue weighted by atomic mass is 10.1. The second kappa shape index (κ2) is 7.37. The minimum Gasteiger partial charge on any atom is -0.370 e. The van der Waals surface area contributed by atoms with Gasteiger partial charge in [0.25, 0.3) is 0 Å². The van der Waals surface area contributed by atoms with Crippen molar-refractivity contribution in [1.82, 2.24) is 5.32 Å². The van der Waals surface area contributed by atoms with Gasteiger partial charge in [0, 0.05) is 19.6 Å². The summed E-state index contributed by atoms with van der Waals surface area (Å²) in [6, 6.07) is 5.87. The van der Waals surface area contributed by atoms with Gasteiger partial charge in [-0.15, -0.1) is 0 Å². The van der Waals surface area contributed by atoms with Crippen molar-refractivity contribution in [3.8, 4) is 0 Å². The highest BCUT2D eigenvalue weighted by Gasteiger charge is 2.12. The maximum atomic E-state index is 14.0. The summed E-state index contributed by atoms with van der Waals surface area (Å²) in [5.41, 5.74) is 1.69. The van der Waals surface area contributed by atoms with Crippen molar-refractivity contribution in [1.29, 1.82) is 0 Å². The second-order valence-corrected chi connectivity index (χ2v) is 4.83. The Hall–Kier alpha value is -1.09. The molecule has 0 radical (unpaired) electrons. The van der Waals surface area contributed by atoms with Crippen molar-refractivity contribution in [2.75, 3.05) is 18.5 Å². The molecule has 102 valence electrons. The molecule has 2 nitrogen and oxygen atoms in total. The van der Waals surface area contributed by atoms with Crippen molar-refractivity contribution >= 4 is 5.69 Å². The molecule has 1 N–H and O–H groups in total. The third-order valence-corrected chi connectivity index (χ3v) is 3.40. The molecule has 0 bridgehead atoms. The molecule has 0 aliphatic carbocycles. The van der Waals surface area contributed by atoms with Gasteiger partial charge in [-0.3, -0.25) is 0 Å². The van der Waals surface area contributed by atoms with E-state index in [1.807, 2.05) is 24.1 Å². The Kier molecular flexibility index (Phi) is 6.13. The van der Waals surface area contributed by atoms with Gasteiger partial charge in [-0.25, -0.2) is 4.39 Å². The first-order valence-corrected chi connectivity index (χ1v) is 6.82. The molecule has 0 saturated carbocycles. The van der Waals surface area contributed by atoms with E-state index in [4.69, 9.17) is 0 Å². The molecule has 0 aliphatic rings. The quantitative estimate of drug-likeness (QED) is 0.746. The Morgan fingerprint density at radius 2 is 2.06 bits per heavy atom. The highest BCUT2D eigenvalue weighted by molar-refractivity contribution is 5.49. The monoisotopic (exact) mass is 252 g/mol. The smallest absolute Gasteiger partial charge is 0.146 e. The van der Waals surface area contributed by atoms with Crippen molar-refractivity contribution < 1.29 is 4.39 Å². The molecule has 1 aromatic carbocycles. The molecule has 0 saturated heterocycles. The van der Waals surface area contributed by atoms with E-state index in [0.717, 1.165) is 31.5 Å². The fourth-order valence-electron chi connectivity index (χ4n) is 1.87. The largest absolute Gasteiger partial charge is 0.370 e. The fourth-order valence-corrected chi connectivity index (χ4v) is 1.87. The van der Waals surface area contributed by atoms with Crippen LogP contribution in [0.5, 0.6) is 0 Å². The van der Waals surface area contributed by atoms with Crippen LogP contribution in [0.2, 0.25) is 0 Å². The molecular weight excluding hydrogens is 227 g/mol. The fraction of sp³-hybridized carbons (Fsp3) is 0.600. The summed E-state index contributed by atoms with van der Waals surface area (Å²) in [7, 11) is 1.95. The summed E-state index contributed by atoms with van der Waals surface area (Å²) in [5, 5.41) is 3.28. The predicted molar refractivity (Wildman–Crippen MR) is 76.6 cm³/mol. The molecule has 1 unspecified atom stereocenters. The number of benzene rings is 1. The SMILES string of the molecule is CCCNCc1ccc(N(C)C(C)CC)c(F)c1. The lowest BCUT2D eigenvalue weighted by Gasteiger charge is -2.26. The lowest BCUT2D eigenvalue weighted by molar-refractivity contribution is 0.594. The zero-order valence-electron chi connectivity index (χ0n) is 12.0. The standard InChI is InChI=1S/C15H25FN2/c1-5-9-17-11-13-7-8-15(14(16)10-13)18(4)12(3)6-2/h7-8,10,12,17H,5-6,9,11H2,1-4H3. The molecule has 0 aliphatic heterocycles. The molecule has 0 aromatic heterocycles. The van der Waals surface area contributed by atoms with Gasteiger partial charge in [0.1, 0.15) is 5.82 Å². The average Bonchev–Trinajstić information content (AvgIpc) is 2.37. The molecule has 0 spiro atoms. The Morgan fingerprint density at radius 3 is 2.61 bits per heavy atom. The summed E-state index contributed by atoms with van der Waals surface area (Å²) >= 11 is 0. The Morgan fingerprint density at radius 1 is 1.33 bits per heavy atom. The summed E-state index contributed by atoms with van der Waals surface area (Å²) in [5.74, 6) is -0.131. The van der Waals surface area contributed by atoms with Crippen LogP contribution in [0, 0.1) is 5.82 Å². The van der Waals surface area contributed by atoms with E-state index in [-0.39, 0.29) is 5.82 Å². The number of hydrogen-bond donors (Lipinski definition) is 1. The summed E-state index contributed by atoms with van der Waals surface area (Å²) < 4.78 is 14.0. The Bertz CT molecular complexity index is 366. The van der Waals surface area contributed by atoms with Crippen LogP contribution in [0.15, 0.2) is 18.2 Å². The third kappa shape index (κ3) is 3.98. The Labute approximate surface area is 110 Å². The normalized spacial score (nSPS) is 12.5. The molecule has 3 heteroatoms. The van der Waals surface area contributed by atoms with E-state index in [2.05, 4.69) is 26.1 Å². The molecule has 18 heavy (non-hydrogen) atoms. The van der Waals surface area contributed by atoms with Crippen LogP contribution in [0.3, 0.4) is 0 Å². The molecule has 1 rings (SSSR count). The van der Waals surface area contributed by atoms with Crippen LogP contribution in [0.1, 0.15) is 39.2 Å². The third-order valence-electron chi connectivity index (χ3n) is 3.40. The summed E-state index contributed by atoms with van der Waals surface area (Å²) in [6.45, 7) is 8.05. The lowest BCUT2D eigenvalue weighted by Crippen LogP contribution is -2.28. The predicted octanol–water partition coefficient (Wildman–Crippen LogP) is 3.56. The van der Waals surface area contributed by atoms with Crippen LogP contribution in [-0.4, -0.2) is 19.6 Å². The van der Waals surface area contributed by atoms with Crippen LogP contribution in [0.4, 0.5) is 10.1 Å². The number of nitrogens with one attached hydrogen (secondary N) is 1. The first-order chi connectivity index (χ1) is 8.60. The highest BCUT2D eigenvalue weighted by atomic mass is 19.1. The van der Waals surface area contributed by atoms with Gasteiger partial charge in [0.2, 0.25) is 0 Å². The van der Waals surface area contributed by atoms with Gasteiger partial charge in [-0.05, 0) is 44.0 Å². The summed E-state index contributed by atoms with van der Waals surface area (Å²) in [4.78, 5) is 2.00. The summed E-state index contributed by atoms with van der Waals surface area (Å²) in [6.07, 6.45) is 2.10. The van der Waals surface area contributed by atoms with E-state index in [9.17, 15) is 4.39 Å². The van der Waals surface area contributed by atoms with Crippen LogP contribution in [-0.2, 0) is 6.54 Å². The van der Waals surface area contributed by atoms with Gasteiger partial charge < -0.3 is 10.2 Å². The number of nitrogens with zero attached hydrogens (tertiary/aromatic N) is 1. The average molecular weight is 252 g/mol. The van der Waals surface area contributed by atoms with Crippen molar-refractivity contribution in [2.24, 2.45) is 0 Å². The number of halogens is 1. The highest BCUT2D eigenvalue weighted by Crippen LogP contribution is 2.22. The van der Waals surface area contributed by atoms with Crippen molar-refractivity contribution in [2.45, 2.75) is 46.2 Å². The van der Waals surface area contributed by atoms with E-state index in [1.54, 1.807) is 6.07 Å². The maximum absolute atomic E-state index is 14.0. The minimum atomic E-state index is -0.131. The van der Waals surface area contributed by atoms with E-state index in [0.29, 0.717) is 11.7 Å². The first-order valence-electron chi connectivity index (χ1n) is 6.82. The van der Waals surface area contributed by atoms with Gasteiger partial charge in [-0.2, -0.15) is 0 Å². The van der Waals surface area contributed by atoms with E-state index in [1.165, 1.54) is 0 Å². The van der Waals surface area contributed by atoms with Gasteiger partial charge in [0.05, 0.1) is 5.69 Å². The van der Waals surface area contributed by atoms with E-state index < -0.39 is 0 Å². The molecule has 0 heterocycles. The van der Waals surface area contributed by atoms with Gasteiger partial charge >= 0.3 is 0 Å². The molecular formula is C15H25FN2. The molecule has 0 fully saturated rings. The molecule has 1 atom stereocenters. The zero-order valence-corrected chi connectivity index (χ0v) is 12.0. The van der Waals surface area contributed by atoms with Crippen LogP contribution >= 0.6 is 0 Å².